The highest BCUT2D eigenvalue weighted by atomic mass is 79.9. The van der Waals surface area contributed by atoms with Gasteiger partial charge in [0.25, 0.3) is 0 Å². The minimum Gasteiger partial charge on any atom is -0.480 e. The molecule has 70 valence electrons. The maximum atomic E-state index is 10.8. The number of carboxylic acids is 1. The lowest BCUT2D eigenvalue weighted by atomic mass is 9.95. The third-order valence-electron chi connectivity index (χ3n) is 1.77. The van der Waals surface area contributed by atoms with Gasteiger partial charge in [-0.1, -0.05) is 0 Å². The van der Waals surface area contributed by atoms with E-state index in [0.29, 0.717) is 10.2 Å². The molecule has 1 aromatic rings. The van der Waals surface area contributed by atoms with Crippen LogP contribution >= 0.6 is 15.9 Å². The van der Waals surface area contributed by atoms with E-state index in [4.69, 9.17) is 10.8 Å². The van der Waals surface area contributed by atoms with Gasteiger partial charge in [-0.2, -0.15) is 0 Å². The molecular formula is C8H9BrN2O2. The number of halogens is 1. The van der Waals surface area contributed by atoms with E-state index in [-0.39, 0.29) is 0 Å². The fraction of sp³-hybridized carbons (Fsp3) is 0.250. The highest BCUT2D eigenvalue weighted by Gasteiger charge is 2.30. The molecule has 0 amide bonds. The lowest BCUT2D eigenvalue weighted by Gasteiger charge is -2.19. The lowest BCUT2D eigenvalue weighted by molar-refractivity contribution is -0.143. The van der Waals surface area contributed by atoms with Crippen molar-refractivity contribution in [3.63, 3.8) is 0 Å². The number of nitrogens with zero attached hydrogens (tertiary/aromatic N) is 1. The maximum Gasteiger partial charge on any atom is 0.328 e. The number of carboxylic acid groups (broad SMARTS) is 1. The van der Waals surface area contributed by atoms with Gasteiger partial charge < -0.3 is 10.8 Å². The van der Waals surface area contributed by atoms with Crippen molar-refractivity contribution in [1.29, 1.82) is 0 Å². The normalized spacial score (nSPS) is 15.0. The Morgan fingerprint density at radius 1 is 1.77 bits per heavy atom. The van der Waals surface area contributed by atoms with Gasteiger partial charge in [0.2, 0.25) is 0 Å². The molecule has 1 aromatic heterocycles. The molecular weight excluding hydrogens is 236 g/mol. The SMILES string of the molecule is C[C@](N)(C(=O)O)c1ccnc(Br)c1. The van der Waals surface area contributed by atoms with Crippen molar-refractivity contribution < 1.29 is 9.90 Å². The van der Waals surface area contributed by atoms with Crippen molar-refractivity contribution in [2.45, 2.75) is 12.5 Å². The molecule has 0 saturated heterocycles. The number of aliphatic carboxylic acids is 1. The molecule has 1 rings (SSSR count). The Labute approximate surface area is 83.9 Å². The van der Waals surface area contributed by atoms with Crippen LogP contribution in [0.15, 0.2) is 22.9 Å². The van der Waals surface area contributed by atoms with Crippen LogP contribution in [0.3, 0.4) is 0 Å². The summed E-state index contributed by atoms with van der Waals surface area (Å²) >= 11 is 3.14. The number of carbonyl (C=O) groups is 1. The largest absolute Gasteiger partial charge is 0.480 e. The molecule has 13 heavy (non-hydrogen) atoms. The summed E-state index contributed by atoms with van der Waals surface area (Å²) in [4.78, 5) is 14.7. The summed E-state index contributed by atoms with van der Waals surface area (Å²) < 4.78 is 0.572. The van der Waals surface area contributed by atoms with Crippen LogP contribution in [0, 0.1) is 0 Å². The van der Waals surface area contributed by atoms with Crippen LogP contribution in [-0.2, 0) is 10.3 Å². The standard InChI is InChI=1S/C8H9BrN2O2/c1-8(10,7(12)13)5-2-3-11-6(9)4-5/h2-4H,10H2,1H3,(H,12,13)/t8-/m1/s1. The van der Waals surface area contributed by atoms with Crippen LogP contribution in [-0.4, -0.2) is 16.1 Å². The number of hydrogen-bond donors (Lipinski definition) is 2. The molecule has 0 fully saturated rings. The number of hydrogen-bond acceptors (Lipinski definition) is 3. The number of rotatable bonds is 2. The smallest absolute Gasteiger partial charge is 0.328 e. The van der Waals surface area contributed by atoms with E-state index in [1.54, 1.807) is 12.1 Å². The number of pyridine rings is 1. The van der Waals surface area contributed by atoms with Gasteiger partial charge in [0.15, 0.2) is 0 Å². The quantitative estimate of drug-likeness (QED) is 0.765. The fourth-order valence-electron chi connectivity index (χ4n) is 0.849. The van der Waals surface area contributed by atoms with E-state index in [2.05, 4.69) is 20.9 Å². The average Bonchev–Trinajstić information content (AvgIpc) is 2.04. The first-order valence-corrected chi connectivity index (χ1v) is 4.38. The molecule has 1 heterocycles. The van der Waals surface area contributed by atoms with Crippen molar-refractivity contribution in [3.8, 4) is 0 Å². The van der Waals surface area contributed by atoms with Gasteiger partial charge in [0.1, 0.15) is 10.1 Å². The van der Waals surface area contributed by atoms with E-state index < -0.39 is 11.5 Å². The van der Waals surface area contributed by atoms with Gasteiger partial charge in [-0.15, -0.1) is 0 Å². The molecule has 0 aliphatic rings. The lowest BCUT2D eigenvalue weighted by Crippen LogP contribution is -2.41. The molecule has 0 aliphatic carbocycles. The van der Waals surface area contributed by atoms with Crippen molar-refractivity contribution in [3.05, 3.63) is 28.5 Å². The van der Waals surface area contributed by atoms with E-state index in [1.165, 1.54) is 13.1 Å². The maximum absolute atomic E-state index is 10.8. The molecule has 4 nitrogen and oxygen atoms in total. The van der Waals surface area contributed by atoms with E-state index >= 15 is 0 Å². The van der Waals surface area contributed by atoms with Crippen molar-refractivity contribution in [1.82, 2.24) is 4.98 Å². The monoisotopic (exact) mass is 244 g/mol. The Bertz CT molecular complexity index is 339. The molecule has 1 atom stereocenters. The number of aromatic nitrogens is 1. The molecule has 0 aromatic carbocycles. The zero-order valence-corrected chi connectivity index (χ0v) is 8.58. The average molecular weight is 245 g/mol. The summed E-state index contributed by atoms with van der Waals surface area (Å²) in [6, 6.07) is 3.17. The van der Waals surface area contributed by atoms with Crippen LogP contribution in [0.4, 0.5) is 0 Å². The van der Waals surface area contributed by atoms with E-state index in [1.807, 2.05) is 0 Å². The highest BCUT2D eigenvalue weighted by Crippen LogP contribution is 2.19. The minimum atomic E-state index is -1.37. The summed E-state index contributed by atoms with van der Waals surface area (Å²) in [6.07, 6.45) is 1.51. The van der Waals surface area contributed by atoms with Gasteiger partial charge in [-0.05, 0) is 40.5 Å². The topological polar surface area (TPSA) is 76.2 Å². The third kappa shape index (κ3) is 2.05. The van der Waals surface area contributed by atoms with E-state index in [0.717, 1.165) is 0 Å². The summed E-state index contributed by atoms with van der Waals surface area (Å²) in [5.74, 6) is -1.06. The van der Waals surface area contributed by atoms with Gasteiger partial charge in [-0.25, -0.2) is 9.78 Å². The van der Waals surface area contributed by atoms with Crippen LogP contribution in [0.25, 0.3) is 0 Å². The molecule has 0 aliphatic heterocycles. The zero-order valence-electron chi connectivity index (χ0n) is 6.99. The fourth-order valence-corrected chi connectivity index (χ4v) is 1.21. The van der Waals surface area contributed by atoms with Crippen LogP contribution in [0.5, 0.6) is 0 Å². The summed E-state index contributed by atoms with van der Waals surface area (Å²) in [6.45, 7) is 1.44. The molecule has 0 unspecified atom stereocenters. The summed E-state index contributed by atoms with van der Waals surface area (Å²) in [5, 5.41) is 8.82. The molecule has 5 heteroatoms. The number of nitrogens with two attached hydrogens (primary N) is 1. The predicted octanol–water partition coefficient (Wildman–Crippen LogP) is 1.10. The highest BCUT2D eigenvalue weighted by molar-refractivity contribution is 9.10. The van der Waals surface area contributed by atoms with Gasteiger partial charge in [0, 0.05) is 6.20 Å². The van der Waals surface area contributed by atoms with Gasteiger partial charge >= 0.3 is 5.97 Å². The Balaban J connectivity index is 3.14. The first-order valence-electron chi connectivity index (χ1n) is 3.59. The molecule has 0 spiro atoms. The Kier molecular flexibility index (Phi) is 2.68. The van der Waals surface area contributed by atoms with Crippen LogP contribution in [0.1, 0.15) is 12.5 Å². The summed E-state index contributed by atoms with van der Waals surface area (Å²) in [7, 11) is 0. The Morgan fingerprint density at radius 3 is 2.85 bits per heavy atom. The Hall–Kier alpha value is -0.940. The molecule has 0 radical (unpaired) electrons. The molecule has 0 saturated carbocycles. The molecule has 0 bridgehead atoms. The van der Waals surface area contributed by atoms with Crippen molar-refractivity contribution in [2.24, 2.45) is 5.73 Å². The van der Waals surface area contributed by atoms with Crippen molar-refractivity contribution in [2.75, 3.05) is 0 Å². The van der Waals surface area contributed by atoms with Crippen molar-refractivity contribution >= 4 is 21.9 Å². The Morgan fingerprint density at radius 2 is 2.38 bits per heavy atom. The first kappa shape index (κ1) is 10.1. The predicted molar refractivity (Wildman–Crippen MR) is 51.1 cm³/mol. The summed E-state index contributed by atoms with van der Waals surface area (Å²) in [5.41, 5.74) is 4.75. The first-order chi connectivity index (χ1) is 5.94. The third-order valence-corrected chi connectivity index (χ3v) is 2.20. The van der Waals surface area contributed by atoms with Crippen LogP contribution < -0.4 is 5.73 Å². The van der Waals surface area contributed by atoms with E-state index in [9.17, 15) is 4.79 Å². The van der Waals surface area contributed by atoms with Gasteiger partial charge in [-0.3, -0.25) is 0 Å². The van der Waals surface area contributed by atoms with Crippen LogP contribution in [0.2, 0.25) is 0 Å². The molecule has 3 N–H and O–H groups in total. The second-order valence-corrected chi connectivity index (χ2v) is 3.69. The zero-order chi connectivity index (χ0) is 10.1. The second kappa shape index (κ2) is 3.43. The second-order valence-electron chi connectivity index (χ2n) is 2.87. The minimum absolute atomic E-state index is 0.516. The van der Waals surface area contributed by atoms with Gasteiger partial charge in [0.05, 0.1) is 0 Å².